The lowest BCUT2D eigenvalue weighted by molar-refractivity contribution is 0.0954. The highest BCUT2D eigenvalue weighted by molar-refractivity contribution is 5.95. The van der Waals surface area contributed by atoms with Crippen LogP contribution in [0.3, 0.4) is 0 Å². The Balaban J connectivity index is 1.47. The lowest BCUT2D eigenvalue weighted by atomic mass is 10.1. The van der Waals surface area contributed by atoms with E-state index in [1.54, 1.807) is 6.33 Å². The van der Waals surface area contributed by atoms with E-state index in [1.807, 2.05) is 37.3 Å². The molecule has 126 valence electrons. The van der Waals surface area contributed by atoms with Crippen LogP contribution in [0.25, 0.3) is 0 Å². The Morgan fingerprint density at radius 2 is 1.96 bits per heavy atom. The molecule has 0 radical (unpaired) electrons. The molecule has 2 aromatic rings. The maximum absolute atomic E-state index is 12.1. The first-order valence-electron chi connectivity index (χ1n) is 8.39. The number of hydrogen-bond acceptors (Lipinski definition) is 5. The summed E-state index contributed by atoms with van der Waals surface area (Å²) < 4.78 is 0. The molecule has 1 aliphatic heterocycles. The van der Waals surface area contributed by atoms with E-state index in [1.165, 1.54) is 12.8 Å². The second-order valence-corrected chi connectivity index (χ2v) is 5.95. The number of hydrogen-bond donors (Lipinski definition) is 2. The molecule has 24 heavy (non-hydrogen) atoms. The summed E-state index contributed by atoms with van der Waals surface area (Å²) in [6.07, 6.45) is 4.03. The standard InChI is InChI=1S/C18H23N5O/c1-14-6-2-3-7-15(14)18(24)20-9-8-19-16-12-17(22-13-21-16)23-10-4-5-11-23/h2-3,6-7,12-13H,4-5,8-11H2,1H3,(H,20,24)(H,19,21,22). The van der Waals surface area contributed by atoms with Gasteiger partial charge in [-0.2, -0.15) is 0 Å². The number of rotatable bonds is 6. The van der Waals surface area contributed by atoms with Crippen molar-refractivity contribution in [2.24, 2.45) is 0 Å². The predicted octanol–water partition coefficient (Wildman–Crippen LogP) is 2.23. The Kier molecular flexibility index (Phi) is 5.25. The molecular formula is C18H23N5O. The van der Waals surface area contributed by atoms with Crippen molar-refractivity contribution in [3.05, 3.63) is 47.8 Å². The summed E-state index contributed by atoms with van der Waals surface area (Å²) in [6, 6.07) is 9.55. The summed E-state index contributed by atoms with van der Waals surface area (Å²) in [5.41, 5.74) is 1.70. The molecule has 0 saturated carbocycles. The third kappa shape index (κ3) is 4.01. The molecule has 1 saturated heterocycles. The van der Waals surface area contributed by atoms with Gasteiger partial charge in [0.2, 0.25) is 0 Å². The number of nitrogens with zero attached hydrogens (tertiary/aromatic N) is 3. The van der Waals surface area contributed by atoms with Crippen LogP contribution in [0.4, 0.5) is 11.6 Å². The number of aromatic nitrogens is 2. The van der Waals surface area contributed by atoms with E-state index < -0.39 is 0 Å². The van der Waals surface area contributed by atoms with Gasteiger partial charge in [0.15, 0.2) is 0 Å². The predicted molar refractivity (Wildman–Crippen MR) is 95.5 cm³/mol. The molecule has 2 N–H and O–H groups in total. The minimum absolute atomic E-state index is 0.0460. The molecule has 1 aromatic heterocycles. The van der Waals surface area contributed by atoms with Crippen LogP contribution in [0.15, 0.2) is 36.7 Å². The van der Waals surface area contributed by atoms with Crippen LogP contribution in [0, 0.1) is 6.92 Å². The zero-order valence-corrected chi connectivity index (χ0v) is 14.0. The summed E-state index contributed by atoms with van der Waals surface area (Å²) in [5.74, 6) is 1.71. The zero-order valence-electron chi connectivity index (χ0n) is 14.0. The molecule has 0 bridgehead atoms. The van der Waals surface area contributed by atoms with Gasteiger partial charge in [-0.15, -0.1) is 0 Å². The van der Waals surface area contributed by atoms with Crippen LogP contribution in [-0.4, -0.2) is 42.1 Å². The Morgan fingerprint density at radius 3 is 2.75 bits per heavy atom. The van der Waals surface area contributed by atoms with Crippen LogP contribution in [-0.2, 0) is 0 Å². The van der Waals surface area contributed by atoms with Gasteiger partial charge < -0.3 is 15.5 Å². The Bertz CT molecular complexity index is 697. The van der Waals surface area contributed by atoms with Gasteiger partial charge in [-0.1, -0.05) is 18.2 Å². The molecule has 6 heteroatoms. The largest absolute Gasteiger partial charge is 0.368 e. The minimum Gasteiger partial charge on any atom is -0.368 e. The average Bonchev–Trinajstić information content (AvgIpc) is 3.14. The molecule has 0 atom stereocenters. The van der Waals surface area contributed by atoms with Gasteiger partial charge in [-0.3, -0.25) is 4.79 Å². The molecular weight excluding hydrogens is 302 g/mol. The van der Waals surface area contributed by atoms with Crippen LogP contribution in [0.2, 0.25) is 0 Å². The van der Waals surface area contributed by atoms with Gasteiger partial charge in [0.1, 0.15) is 18.0 Å². The van der Waals surface area contributed by atoms with Crippen LogP contribution >= 0.6 is 0 Å². The second kappa shape index (κ2) is 7.77. The number of aryl methyl sites for hydroxylation is 1. The van der Waals surface area contributed by atoms with Gasteiger partial charge in [0, 0.05) is 37.8 Å². The summed E-state index contributed by atoms with van der Waals surface area (Å²) in [5, 5.41) is 6.16. The van der Waals surface area contributed by atoms with Crippen molar-refractivity contribution in [3.63, 3.8) is 0 Å². The minimum atomic E-state index is -0.0460. The maximum Gasteiger partial charge on any atom is 0.251 e. The van der Waals surface area contributed by atoms with Gasteiger partial charge >= 0.3 is 0 Å². The Morgan fingerprint density at radius 1 is 1.17 bits per heavy atom. The van der Waals surface area contributed by atoms with Crippen LogP contribution in [0.1, 0.15) is 28.8 Å². The number of nitrogens with one attached hydrogen (secondary N) is 2. The van der Waals surface area contributed by atoms with Gasteiger partial charge in [0.05, 0.1) is 0 Å². The number of amides is 1. The molecule has 6 nitrogen and oxygen atoms in total. The number of benzene rings is 1. The Hall–Kier alpha value is -2.63. The number of carbonyl (C=O) groups excluding carboxylic acids is 1. The van der Waals surface area contributed by atoms with Crippen molar-refractivity contribution in [3.8, 4) is 0 Å². The SMILES string of the molecule is Cc1ccccc1C(=O)NCCNc1cc(N2CCCC2)ncn1. The highest BCUT2D eigenvalue weighted by atomic mass is 16.1. The first-order chi connectivity index (χ1) is 11.7. The van der Waals surface area contributed by atoms with Gasteiger partial charge in [-0.05, 0) is 31.4 Å². The van der Waals surface area contributed by atoms with Crippen molar-refractivity contribution in [1.82, 2.24) is 15.3 Å². The van der Waals surface area contributed by atoms with E-state index in [4.69, 9.17) is 0 Å². The summed E-state index contributed by atoms with van der Waals surface area (Å²) in [7, 11) is 0. The van der Waals surface area contributed by atoms with Gasteiger partial charge in [0.25, 0.3) is 5.91 Å². The lowest BCUT2D eigenvalue weighted by Crippen LogP contribution is -2.29. The summed E-state index contributed by atoms with van der Waals surface area (Å²) in [6.45, 7) is 5.21. The lowest BCUT2D eigenvalue weighted by Gasteiger charge is -2.16. The van der Waals surface area contributed by atoms with E-state index in [2.05, 4.69) is 25.5 Å². The van der Waals surface area contributed by atoms with Crippen molar-refractivity contribution in [1.29, 1.82) is 0 Å². The van der Waals surface area contributed by atoms with Crippen molar-refractivity contribution in [2.75, 3.05) is 36.4 Å². The van der Waals surface area contributed by atoms with E-state index in [0.717, 1.165) is 35.9 Å². The molecule has 0 spiro atoms. The molecule has 1 aromatic carbocycles. The molecule has 0 aliphatic carbocycles. The molecule has 2 heterocycles. The average molecular weight is 325 g/mol. The first kappa shape index (κ1) is 16.2. The summed E-state index contributed by atoms with van der Waals surface area (Å²) in [4.78, 5) is 23.0. The highest BCUT2D eigenvalue weighted by Crippen LogP contribution is 2.19. The molecule has 3 rings (SSSR count). The number of carbonyl (C=O) groups is 1. The van der Waals surface area contributed by atoms with Crippen LogP contribution in [0.5, 0.6) is 0 Å². The number of anilines is 2. The van der Waals surface area contributed by atoms with Gasteiger partial charge in [-0.25, -0.2) is 9.97 Å². The molecule has 1 amide bonds. The van der Waals surface area contributed by atoms with Crippen molar-refractivity contribution < 1.29 is 4.79 Å². The molecule has 1 aliphatic rings. The fourth-order valence-corrected chi connectivity index (χ4v) is 2.85. The quantitative estimate of drug-likeness (QED) is 0.797. The first-order valence-corrected chi connectivity index (χ1v) is 8.39. The van der Waals surface area contributed by atoms with Crippen LogP contribution < -0.4 is 15.5 Å². The normalized spacial score (nSPS) is 13.8. The maximum atomic E-state index is 12.1. The third-order valence-electron chi connectivity index (χ3n) is 4.19. The Labute approximate surface area is 142 Å². The smallest absolute Gasteiger partial charge is 0.251 e. The molecule has 0 unspecified atom stereocenters. The molecule has 1 fully saturated rings. The second-order valence-electron chi connectivity index (χ2n) is 5.95. The zero-order chi connectivity index (χ0) is 16.8. The van der Waals surface area contributed by atoms with E-state index >= 15 is 0 Å². The van der Waals surface area contributed by atoms with E-state index in [9.17, 15) is 4.79 Å². The van der Waals surface area contributed by atoms with Crippen molar-refractivity contribution in [2.45, 2.75) is 19.8 Å². The fraction of sp³-hybridized carbons (Fsp3) is 0.389. The fourth-order valence-electron chi connectivity index (χ4n) is 2.85. The third-order valence-corrected chi connectivity index (χ3v) is 4.19. The topological polar surface area (TPSA) is 70.2 Å². The van der Waals surface area contributed by atoms with Crippen molar-refractivity contribution >= 4 is 17.5 Å². The van der Waals surface area contributed by atoms with E-state index in [-0.39, 0.29) is 5.91 Å². The van der Waals surface area contributed by atoms with E-state index in [0.29, 0.717) is 13.1 Å². The highest BCUT2D eigenvalue weighted by Gasteiger charge is 2.14. The monoisotopic (exact) mass is 325 g/mol. The summed E-state index contributed by atoms with van der Waals surface area (Å²) >= 11 is 0.